The van der Waals surface area contributed by atoms with E-state index in [1.807, 2.05) is 0 Å². The molecule has 1 rings (SSSR count). The molecule has 2 unspecified atom stereocenters. The molecule has 1 aliphatic rings. The van der Waals surface area contributed by atoms with Crippen molar-refractivity contribution in [3.05, 3.63) is 0 Å². The Kier molecular flexibility index (Phi) is 5.03. The fraction of sp³-hybridized carbons (Fsp3) is 1.00. The van der Waals surface area contributed by atoms with E-state index < -0.39 is 0 Å². The quantitative estimate of drug-likeness (QED) is 0.660. The van der Waals surface area contributed by atoms with Gasteiger partial charge >= 0.3 is 0 Å². The van der Waals surface area contributed by atoms with Crippen LogP contribution in [-0.2, 0) is 9.47 Å². The minimum atomic E-state index is 0.142. The number of ether oxygens (including phenoxy) is 2. The summed E-state index contributed by atoms with van der Waals surface area (Å²) in [5, 5.41) is 0. The molecule has 0 saturated heterocycles. The van der Waals surface area contributed by atoms with Crippen LogP contribution in [0.25, 0.3) is 0 Å². The molecular weight excluding hydrogens is 190 g/mol. The summed E-state index contributed by atoms with van der Waals surface area (Å²) in [5.74, 6) is 0. The highest BCUT2D eigenvalue weighted by molar-refractivity contribution is 5.00. The summed E-state index contributed by atoms with van der Waals surface area (Å²) in [7, 11) is 0. The lowest BCUT2D eigenvalue weighted by molar-refractivity contribution is -0.118. The molecule has 2 N–H and O–H groups in total. The summed E-state index contributed by atoms with van der Waals surface area (Å²) in [6, 6.07) is 0.295. The van der Waals surface area contributed by atoms with Crippen LogP contribution in [0.15, 0.2) is 0 Å². The molecule has 3 nitrogen and oxygen atoms in total. The van der Waals surface area contributed by atoms with E-state index >= 15 is 0 Å². The van der Waals surface area contributed by atoms with Crippen LogP contribution in [0.1, 0.15) is 40.0 Å². The van der Waals surface area contributed by atoms with Crippen molar-refractivity contribution < 1.29 is 9.47 Å². The monoisotopic (exact) mass is 215 g/mol. The van der Waals surface area contributed by atoms with Gasteiger partial charge in [0, 0.05) is 18.1 Å². The number of hydrogen-bond donors (Lipinski definition) is 1. The van der Waals surface area contributed by atoms with Crippen LogP contribution in [0.5, 0.6) is 0 Å². The molecule has 0 bridgehead atoms. The van der Waals surface area contributed by atoms with E-state index in [9.17, 15) is 0 Å². The first kappa shape index (κ1) is 12.9. The van der Waals surface area contributed by atoms with Gasteiger partial charge in [-0.2, -0.15) is 0 Å². The Balaban J connectivity index is 1.97. The van der Waals surface area contributed by atoms with Crippen molar-refractivity contribution >= 4 is 0 Å². The maximum atomic E-state index is 5.91. The Morgan fingerprint density at radius 3 is 2.53 bits per heavy atom. The summed E-state index contributed by atoms with van der Waals surface area (Å²) in [4.78, 5) is 0. The second kappa shape index (κ2) is 5.83. The molecule has 1 saturated carbocycles. The lowest BCUT2D eigenvalue weighted by Gasteiger charge is -2.49. The highest BCUT2D eigenvalue weighted by Gasteiger charge is 2.46. The van der Waals surface area contributed by atoms with Crippen molar-refractivity contribution in [2.75, 3.05) is 19.8 Å². The van der Waals surface area contributed by atoms with Crippen LogP contribution in [0.2, 0.25) is 0 Å². The largest absolute Gasteiger partial charge is 0.379 e. The molecule has 0 radical (unpaired) electrons. The standard InChI is InChI=1S/C12H25NO2/c1-4-5-6-14-7-8-15-11-9-10(13)12(11,2)3/h10-11H,4-9,13H2,1-3H3. The van der Waals surface area contributed by atoms with Crippen LogP contribution < -0.4 is 5.73 Å². The fourth-order valence-corrected chi connectivity index (χ4v) is 1.80. The number of hydrogen-bond acceptors (Lipinski definition) is 3. The van der Waals surface area contributed by atoms with Gasteiger partial charge in [0.05, 0.1) is 19.3 Å². The van der Waals surface area contributed by atoms with Crippen LogP contribution in [0, 0.1) is 5.41 Å². The molecule has 15 heavy (non-hydrogen) atoms. The number of unbranched alkanes of at least 4 members (excludes halogenated alkanes) is 1. The first-order valence-corrected chi connectivity index (χ1v) is 6.04. The summed E-state index contributed by atoms with van der Waals surface area (Å²) < 4.78 is 11.2. The zero-order chi connectivity index (χ0) is 11.3. The van der Waals surface area contributed by atoms with E-state index in [1.165, 1.54) is 6.42 Å². The molecule has 0 heterocycles. The average molecular weight is 215 g/mol. The fourth-order valence-electron chi connectivity index (χ4n) is 1.80. The van der Waals surface area contributed by atoms with Crippen molar-refractivity contribution in [3.63, 3.8) is 0 Å². The van der Waals surface area contributed by atoms with Gasteiger partial charge in [-0.25, -0.2) is 0 Å². The smallest absolute Gasteiger partial charge is 0.0704 e. The molecule has 3 heteroatoms. The van der Waals surface area contributed by atoms with Crippen molar-refractivity contribution in [2.45, 2.75) is 52.2 Å². The first-order valence-electron chi connectivity index (χ1n) is 6.04. The van der Waals surface area contributed by atoms with E-state index in [0.717, 1.165) is 19.4 Å². The maximum Gasteiger partial charge on any atom is 0.0704 e. The maximum absolute atomic E-state index is 5.91. The van der Waals surface area contributed by atoms with Crippen molar-refractivity contribution in [3.8, 4) is 0 Å². The van der Waals surface area contributed by atoms with Gasteiger partial charge < -0.3 is 15.2 Å². The zero-order valence-electron chi connectivity index (χ0n) is 10.3. The summed E-state index contributed by atoms with van der Waals surface area (Å²) >= 11 is 0. The van der Waals surface area contributed by atoms with Crippen LogP contribution in [0.4, 0.5) is 0 Å². The predicted molar refractivity (Wildman–Crippen MR) is 61.8 cm³/mol. The molecular formula is C12H25NO2. The molecule has 0 amide bonds. The van der Waals surface area contributed by atoms with Crippen LogP contribution in [0.3, 0.4) is 0 Å². The zero-order valence-corrected chi connectivity index (χ0v) is 10.3. The van der Waals surface area contributed by atoms with E-state index in [0.29, 0.717) is 25.4 Å². The van der Waals surface area contributed by atoms with Gasteiger partial charge in [0.2, 0.25) is 0 Å². The molecule has 2 atom stereocenters. The van der Waals surface area contributed by atoms with E-state index in [1.54, 1.807) is 0 Å². The Hall–Kier alpha value is -0.120. The highest BCUT2D eigenvalue weighted by atomic mass is 16.5. The van der Waals surface area contributed by atoms with Gasteiger partial charge in [-0.05, 0) is 12.8 Å². The molecule has 0 aromatic rings. The summed E-state index contributed by atoms with van der Waals surface area (Å²) in [6.45, 7) is 8.77. The van der Waals surface area contributed by atoms with Crippen molar-refractivity contribution in [1.82, 2.24) is 0 Å². The second-order valence-electron chi connectivity index (χ2n) is 4.99. The Labute approximate surface area is 93.3 Å². The summed E-state index contributed by atoms with van der Waals surface area (Å²) in [6.07, 6.45) is 3.63. The molecule has 1 fully saturated rings. The average Bonchev–Trinajstić information content (AvgIpc) is 2.21. The minimum absolute atomic E-state index is 0.142. The normalized spacial score (nSPS) is 28.8. The van der Waals surface area contributed by atoms with E-state index in [2.05, 4.69) is 20.8 Å². The number of rotatable bonds is 7. The lowest BCUT2D eigenvalue weighted by Crippen LogP contribution is -2.59. The number of nitrogens with two attached hydrogens (primary N) is 1. The minimum Gasteiger partial charge on any atom is -0.379 e. The Morgan fingerprint density at radius 1 is 1.27 bits per heavy atom. The van der Waals surface area contributed by atoms with Crippen molar-refractivity contribution in [1.29, 1.82) is 0 Å². The van der Waals surface area contributed by atoms with Gasteiger partial charge in [0.15, 0.2) is 0 Å². The lowest BCUT2D eigenvalue weighted by atomic mass is 9.65. The van der Waals surface area contributed by atoms with Gasteiger partial charge in [-0.3, -0.25) is 0 Å². The predicted octanol–water partition coefficient (Wildman–Crippen LogP) is 1.95. The Morgan fingerprint density at radius 2 is 2.00 bits per heavy atom. The van der Waals surface area contributed by atoms with E-state index in [-0.39, 0.29) is 5.41 Å². The first-order chi connectivity index (χ1) is 7.09. The van der Waals surface area contributed by atoms with Gasteiger partial charge in [0.25, 0.3) is 0 Å². The van der Waals surface area contributed by atoms with E-state index in [4.69, 9.17) is 15.2 Å². The third-order valence-corrected chi connectivity index (χ3v) is 3.44. The van der Waals surface area contributed by atoms with Crippen LogP contribution >= 0.6 is 0 Å². The third-order valence-electron chi connectivity index (χ3n) is 3.44. The molecule has 0 aromatic heterocycles. The Bertz CT molecular complexity index is 182. The molecule has 1 aliphatic carbocycles. The third kappa shape index (κ3) is 3.44. The molecule has 90 valence electrons. The topological polar surface area (TPSA) is 44.5 Å². The van der Waals surface area contributed by atoms with Gasteiger partial charge in [0.1, 0.15) is 0 Å². The van der Waals surface area contributed by atoms with Crippen LogP contribution in [-0.4, -0.2) is 32.0 Å². The van der Waals surface area contributed by atoms with Gasteiger partial charge in [-0.1, -0.05) is 27.2 Å². The summed E-state index contributed by atoms with van der Waals surface area (Å²) in [5.41, 5.74) is 6.05. The molecule has 0 aromatic carbocycles. The molecule has 0 spiro atoms. The van der Waals surface area contributed by atoms with Gasteiger partial charge in [-0.15, -0.1) is 0 Å². The van der Waals surface area contributed by atoms with Crippen molar-refractivity contribution in [2.24, 2.45) is 11.1 Å². The SMILES string of the molecule is CCCCOCCOC1CC(N)C1(C)C. The highest BCUT2D eigenvalue weighted by Crippen LogP contribution is 2.41. The molecule has 0 aliphatic heterocycles. The second-order valence-corrected chi connectivity index (χ2v) is 4.99.